The molecule has 7 nitrogen and oxygen atoms in total. The third-order valence-electron chi connectivity index (χ3n) is 3.55. The Labute approximate surface area is 173 Å². The lowest BCUT2D eigenvalue weighted by Crippen LogP contribution is -2.14. The third kappa shape index (κ3) is 5.31. The molecule has 9 heteroatoms. The minimum Gasteiger partial charge on any atom is -0.471 e. The zero-order chi connectivity index (χ0) is 18.5. The van der Waals surface area contributed by atoms with E-state index < -0.39 is 0 Å². The van der Waals surface area contributed by atoms with Crippen LogP contribution in [0.3, 0.4) is 0 Å². The Morgan fingerprint density at radius 2 is 2.04 bits per heavy atom. The van der Waals surface area contributed by atoms with Gasteiger partial charge in [-0.05, 0) is 53.8 Å². The Hall–Kier alpha value is -1.88. The molecular formula is C17H17BrIN5O2. The Bertz CT molecular complexity index is 871. The van der Waals surface area contributed by atoms with Crippen molar-refractivity contribution >= 4 is 50.1 Å². The van der Waals surface area contributed by atoms with E-state index in [2.05, 4.69) is 54.0 Å². The lowest BCUT2D eigenvalue weighted by molar-refractivity contribution is -0.116. The van der Waals surface area contributed by atoms with Gasteiger partial charge in [0.25, 0.3) is 0 Å². The molecule has 0 saturated heterocycles. The highest BCUT2D eigenvalue weighted by atomic mass is 127. The van der Waals surface area contributed by atoms with Crippen LogP contribution in [0.5, 0.6) is 5.75 Å². The first-order valence-corrected chi connectivity index (χ1v) is 9.77. The SMILES string of the molecule is Cc1nn(CCC(=O)Nc2cnn(COc3ccc(Br)cc3)c2)cc1I. The van der Waals surface area contributed by atoms with Crippen molar-refractivity contribution in [3.8, 4) is 5.75 Å². The number of benzene rings is 1. The molecule has 2 heterocycles. The predicted octanol–water partition coefficient (Wildman–Crippen LogP) is 3.82. The van der Waals surface area contributed by atoms with Crippen LogP contribution in [0.2, 0.25) is 0 Å². The van der Waals surface area contributed by atoms with Crippen LogP contribution >= 0.6 is 38.5 Å². The van der Waals surface area contributed by atoms with E-state index in [1.165, 1.54) is 0 Å². The van der Waals surface area contributed by atoms with Gasteiger partial charge in [0.1, 0.15) is 5.75 Å². The van der Waals surface area contributed by atoms with Gasteiger partial charge in [0.15, 0.2) is 6.73 Å². The Morgan fingerprint density at radius 1 is 1.27 bits per heavy atom. The maximum absolute atomic E-state index is 12.1. The van der Waals surface area contributed by atoms with Crippen LogP contribution in [0.4, 0.5) is 5.69 Å². The Kier molecular flexibility index (Phi) is 6.30. The molecule has 0 atom stereocenters. The van der Waals surface area contributed by atoms with E-state index in [1.807, 2.05) is 37.4 Å². The third-order valence-corrected chi connectivity index (χ3v) is 5.14. The van der Waals surface area contributed by atoms with Crippen LogP contribution in [0, 0.1) is 10.5 Å². The second-order valence-electron chi connectivity index (χ2n) is 5.62. The van der Waals surface area contributed by atoms with Gasteiger partial charge in [0, 0.05) is 23.6 Å². The fourth-order valence-corrected chi connectivity index (χ4v) is 2.91. The van der Waals surface area contributed by atoms with Crippen molar-refractivity contribution in [1.82, 2.24) is 19.6 Å². The van der Waals surface area contributed by atoms with Gasteiger partial charge in [0.05, 0.1) is 27.3 Å². The molecule has 3 aromatic rings. The number of aryl methyl sites for hydroxylation is 2. The number of halogens is 2. The zero-order valence-electron chi connectivity index (χ0n) is 14.0. The molecule has 136 valence electrons. The molecule has 0 spiro atoms. The molecule has 0 aliphatic carbocycles. The lowest BCUT2D eigenvalue weighted by Gasteiger charge is -2.06. The Balaban J connectivity index is 1.46. The maximum atomic E-state index is 12.1. The highest BCUT2D eigenvalue weighted by Crippen LogP contribution is 2.16. The summed E-state index contributed by atoms with van der Waals surface area (Å²) < 4.78 is 11.1. The highest BCUT2D eigenvalue weighted by molar-refractivity contribution is 14.1. The van der Waals surface area contributed by atoms with Crippen LogP contribution < -0.4 is 10.1 Å². The van der Waals surface area contributed by atoms with Crippen LogP contribution in [0.15, 0.2) is 47.3 Å². The fraction of sp³-hybridized carbons (Fsp3) is 0.235. The maximum Gasteiger partial charge on any atom is 0.226 e. The summed E-state index contributed by atoms with van der Waals surface area (Å²) >= 11 is 5.61. The molecular weight excluding hydrogens is 513 g/mol. The molecule has 0 radical (unpaired) electrons. The number of aromatic nitrogens is 4. The topological polar surface area (TPSA) is 74.0 Å². The number of ether oxygens (including phenoxy) is 1. The molecule has 1 aromatic carbocycles. The van der Waals surface area contributed by atoms with E-state index >= 15 is 0 Å². The molecule has 0 saturated carbocycles. The molecule has 0 bridgehead atoms. The summed E-state index contributed by atoms with van der Waals surface area (Å²) in [6.07, 6.45) is 5.61. The number of rotatable bonds is 7. The van der Waals surface area contributed by atoms with Crippen molar-refractivity contribution in [3.05, 3.63) is 56.6 Å². The summed E-state index contributed by atoms with van der Waals surface area (Å²) in [4.78, 5) is 12.1. The van der Waals surface area contributed by atoms with Gasteiger partial charge in [-0.25, -0.2) is 4.68 Å². The fourth-order valence-electron chi connectivity index (χ4n) is 2.22. The molecule has 0 aliphatic heterocycles. The van der Waals surface area contributed by atoms with Gasteiger partial charge in [0.2, 0.25) is 5.91 Å². The first-order valence-electron chi connectivity index (χ1n) is 7.90. The largest absolute Gasteiger partial charge is 0.471 e. The van der Waals surface area contributed by atoms with E-state index in [1.54, 1.807) is 21.8 Å². The first kappa shape index (κ1) is 18.9. The minimum atomic E-state index is -0.0819. The van der Waals surface area contributed by atoms with Crippen molar-refractivity contribution < 1.29 is 9.53 Å². The van der Waals surface area contributed by atoms with E-state index in [-0.39, 0.29) is 12.6 Å². The van der Waals surface area contributed by atoms with Gasteiger partial charge in [-0.3, -0.25) is 9.48 Å². The number of nitrogens with zero attached hydrogens (tertiary/aromatic N) is 4. The summed E-state index contributed by atoms with van der Waals surface area (Å²) in [6.45, 7) is 2.75. The van der Waals surface area contributed by atoms with Crippen LogP contribution in [-0.4, -0.2) is 25.5 Å². The van der Waals surface area contributed by atoms with Crippen LogP contribution in [-0.2, 0) is 18.1 Å². The minimum absolute atomic E-state index is 0.0819. The van der Waals surface area contributed by atoms with Crippen molar-refractivity contribution in [2.24, 2.45) is 0 Å². The van der Waals surface area contributed by atoms with Gasteiger partial charge in [-0.15, -0.1) is 0 Å². The number of carbonyl (C=O) groups is 1. The molecule has 2 aromatic heterocycles. The molecule has 0 unspecified atom stereocenters. The molecule has 1 amide bonds. The standard InChI is InChI=1S/C17H17BrIN5O2/c1-12-16(19)10-23(22-12)7-6-17(25)21-14-8-20-24(9-14)11-26-15-4-2-13(18)3-5-15/h2-5,8-10H,6-7,11H2,1H3,(H,21,25). The monoisotopic (exact) mass is 529 g/mol. The van der Waals surface area contributed by atoms with E-state index in [4.69, 9.17) is 4.74 Å². The molecule has 26 heavy (non-hydrogen) atoms. The van der Waals surface area contributed by atoms with Crippen LogP contribution in [0.1, 0.15) is 12.1 Å². The number of nitrogens with one attached hydrogen (secondary N) is 1. The average molecular weight is 530 g/mol. The van der Waals surface area contributed by atoms with Crippen molar-refractivity contribution in [1.29, 1.82) is 0 Å². The summed E-state index contributed by atoms with van der Waals surface area (Å²) in [6, 6.07) is 7.56. The second-order valence-corrected chi connectivity index (χ2v) is 7.70. The van der Waals surface area contributed by atoms with E-state index in [0.29, 0.717) is 18.7 Å². The quantitative estimate of drug-likeness (QED) is 0.472. The van der Waals surface area contributed by atoms with Crippen molar-refractivity contribution in [2.75, 3.05) is 5.32 Å². The van der Waals surface area contributed by atoms with Crippen LogP contribution in [0.25, 0.3) is 0 Å². The zero-order valence-corrected chi connectivity index (χ0v) is 17.8. The highest BCUT2D eigenvalue weighted by Gasteiger charge is 2.07. The van der Waals surface area contributed by atoms with E-state index in [0.717, 1.165) is 19.5 Å². The molecule has 1 N–H and O–H groups in total. The number of amides is 1. The number of anilines is 1. The second kappa shape index (κ2) is 8.67. The number of hydrogen-bond acceptors (Lipinski definition) is 4. The van der Waals surface area contributed by atoms with Gasteiger partial charge >= 0.3 is 0 Å². The smallest absolute Gasteiger partial charge is 0.226 e. The number of hydrogen-bond donors (Lipinski definition) is 1. The normalized spacial score (nSPS) is 10.7. The predicted molar refractivity (Wildman–Crippen MR) is 110 cm³/mol. The van der Waals surface area contributed by atoms with E-state index in [9.17, 15) is 4.79 Å². The summed E-state index contributed by atoms with van der Waals surface area (Å²) in [7, 11) is 0. The average Bonchev–Trinajstić information content (AvgIpc) is 3.19. The summed E-state index contributed by atoms with van der Waals surface area (Å²) in [5.74, 6) is 0.667. The van der Waals surface area contributed by atoms with Crippen molar-refractivity contribution in [2.45, 2.75) is 26.6 Å². The molecule has 0 fully saturated rings. The first-order chi connectivity index (χ1) is 12.5. The molecule has 0 aliphatic rings. The van der Waals surface area contributed by atoms with Gasteiger partial charge in [-0.2, -0.15) is 10.2 Å². The number of carbonyl (C=O) groups excluding carboxylic acids is 1. The van der Waals surface area contributed by atoms with Crippen molar-refractivity contribution in [3.63, 3.8) is 0 Å². The molecule has 3 rings (SSSR count). The van der Waals surface area contributed by atoms with Gasteiger partial charge in [-0.1, -0.05) is 15.9 Å². The summed E-state index contributed by atoms with van der Waals surface area (Å²) in [5, 5.41) is 11.4. The lowest BCUT2D eigenvalue weighted by atomic mass is 10.3. The summed E-state index contributed by atoms with van der Waals surface area (Å²) in [5.41, 5.74) is 1.61. The van der Waals surface area contributed by atoms with Gasteiger partial charge < -0.3 is 10.1 Å². The Morgan fingerprint density at radius 3 is 2.73 bits per heavy atom.